The van der Waals surface area contributed by atoms with E-state index in [9.17, 15) is 0 Å². The van der Waals surface area contributed by atoms with Crippen LogP contribution in [0.25, 0.3) is 0 Å². The predicted molar refractivity (Wildman–Crippen MR) is 46.8 cm³/mol. The molecule has 0 fully saturated rings. The highest BCUT2D eigenvalue weighted by atomic mass is 32.1. The van der Waals surface area contributed by atoms with Gasteiger partial charge in [0.2, 0.25) is 0 Å². The fraction of sp³-hybridized carbons (Fsp3) is 0.625. The first-order valence-corrected chi connectivity index (χ1v) is 4.69. The van der Waals surface area contributed by atoms with Gasteiger partial charge in [-0.05, 0) is 13.3 Å². The number of aromatic nitrogens is 1. The van der Waals surface area contributed by atoms with Crippen molar-refractivity contribution in [2.24, 2.45) is 0 Å². The van der Waals surface area contributed by atoms with Crippen LogP contribution in [0.5, 0.6) is 0 Å². The predicted octanol–water partition coefficient (Wildman–Crippen LogP) is 2.24. The fourth-order valence-corrected chi connectivity index (χ4v) is 1.57. The van der Waals surface area contributed by atoms with E-state index in [1.807, 2.05) is 13.1 Å². The van der Waals surface area contributed by atoms with Gasteiger partial charge in [-0.1, -0.05) is 6.92 Å². The summed E-state index contributed by atoms with van der Waals surface area (Å²) in [7, 11) is 0. The maximum Gasteiger partial charge on any atom is 0.119 e. The van der Waals surface area contributed by atoms with Gasteiger partial charge in [0.1, 0.15) is 5.01 Å². The van der Waals surface area contributed by atoms with Crippen molar-refractivity contribution < 1.29 is 4.74 Å². The number of nitrogens with zero attached hydrogens (tertiary/aromatic N) is 1. The van der Waals surface area contributed by atoms with E-state index in [1.165, 1.54) is 4.88 Å². The fourth-order valence-electron chi connectivity index (χ4n) is 0.768. The summed E-state index contributed by atoms with van der Waals surface area (Å²) in [6.07, 6.45) is 3.00. The lowest BCUT2D eigenvalue weighted by Gasteiger charge is -1.93. The van der Waals surface area contributed by atoms with Crippen molar-refractivity contribution in [3.63, 3.8) is 0 Å². The lowest BCUT2D eigenvalue weighted by atomic mass is 10.4. The van der Waals surface area contributed by atoms with E-state index >= 15 is 0 Å². The zero-order valence-corrected chi connectivity index (χ0v) is 7.78. The maximum absolute atomic E-state index is 5.23. The lowest BCUT2D eigenvalue weighted by Crippen LogP contribution is -1.89. The summed E-state index contributed by atoms with van der Waals surface area (Å²) in [6, 6.07) is 0. The molecule has 0 atom stereocenters. The standard InChI is InChI=1S/C8H13NOS/c1-3-7-5-9-8(11-7)6-10-4-2/h5H,3-4,6H2,1-2H3. The third-order valence-corrected chi connectivity index (χ3v) is 2.49. The van der Waals surface area contributed by atoms with Crippen LogP contribution in [-0.4, -0.2) is 11.6 Å². The Bertz CT molecular complexity index is 210. The third kappa shape index (κ3) is 2.60. The molecule has 0 bridgehead atoms. The van der Waals surface area contributed by atoms with E-state index < -0.39 is 0 Å². The smallest absolute Gasteiger partial charge is 0.119 e. The lowest BCUT2D eigenvalue weighted by molar-refractivity contribution is 0.134. The molecule has 0 aliphatic rings. The topological polar surface area (TPSA) is 22.1 Å². The minimum atomic E-state index is 0.668. The van der Waals surface area contributed by atoms with Crippen molar-refractivity contribution in [1.82, 2.24) is 4.98 Å². The summed E-state index contributed by atoms with van der Waals surface area (Å²) in [4.78, 5) is 5.55. The normalized spacial score (nSPS) is 10.4. The maximum atomic E-state index is 5.23. The Balaban J connectivity index is 2.44. The molecule has 0 saturated carbocycles. The van der Waals surface area contributed by atoms with Crippen LogP contribution in [0.1, 0.15) is 23.7 Å². The van der Waals surface area contributed by atoms with Crippen molar-refractivity contribution in [1.29, 1.82) is 0 Å². The van der Waals surface area contributed by atoms with Gasteiger partial charge in [-0.25, -0.2) is 4.98 Å². The van der Waals surface area contributed by atoms with Gasteiger partial charge in [-0.3, -0.25) is 0 Å². The van der Waals surface area contributed by atoms with Gasteiger partial charge in [0, 0.05) is 17.7 Å². The zero-order chi connectivity index (χ0) is 8.10. The van der Waals surface area contributed by atoms with Crippen LogP contribution in [-0.2, 0) is 17.8 Å². The van der Waals surface area contributed by atoms with Gasteiger partial charge in [-0.2, -0.15) is 0 Å². The number of hydrogen-bond donors (Lipinski definition) is 0. The molecule has 62 valence electrons. The summed E-state index contributed by atoms with van der Waals surface area (Å²) < 4.78 is 5.23. The van der Waals surface area contributed by atoms with E-state index in [1.54, 1.807) is 11.3 Å². The molecule has 0 amide bonds. The molecule has 0 aliphatic heterocycles. The van der Waals surface area contributed by atoms with Crippen molar-refractivity contribution >= 4 is 11.3 Å². The van der Waals surface area contributed by atoms with Gasteiger partial charge in [0.15, 0.2) is 0 Å². The molecule has 3 heteroatoms. The highest BCUT2D eigenvalue weighted by Gasteiger charge is 1.98. The summed E-state index contributed by atoms with van der Waals surface area (Å²) >= 11 is 1.74. The molecule has 0 aliphatic carbocycles. The molecule has 1 aromatic rings. The number of rotatable bonds is 4. The molecule has 0 radical (unpaired) electrons. The van der Waals surface area contributed by atoms with Gasteiger partial charge in [0.25, 0.3) is 0 Å². The molecular weight excluding hydrogens is 158 g/mol. The average Bonchev–Trinajstić information content (AvgIpc) is 2.48. The van der Waals surface area contributed by atoms with Crippen LogP contribution in [0.2, 0.25) is 0 Å². The van der Waals surface area contributed by atoms with Crippen molar-refractivity contribution in [3.8, 4) is 0 Å². The molecule has 0 N–H and O–H groups in total. The minimum absolute atomic E-state index is 0.668. The Morgan fingerprint density at radius 1 is 1.55 bits per heavy atom. The summed E-state index contributed by atoms with van der Waals surface area (Å²) in [5, 5.41) is 1.09. The van der Waals surface area contributed by atoms with Gasteiger partial charge in [-0.15, -0.1) is 11.3 Å². The first-order chi connectivity index (χ1) is 5.36. The Morgan fingerprint density at radius 2 is 2.36 bits per heavy atom. The molecular formula is C8H13NOS. The monoisotopic (exact) mass is 171 g/mol. The number of ether oxygens (including phenoxy) is 1. The van der Waals surface area contributed by atoms with Crippen LogP contribution in [0, 0.1) is 0 Å². The summed E-state index contributed by atoms with van der Waals surface area (Å²) in [6.45, 7) is 5.56. The van der Waals surface area contributed by atoms with Crippen LogP contribution < -0.4 is 0 Å². The van der Waals surface area contributed by atoms with E-state index in [4.69, 9.17) is 4.74 Å². The van der Waals surface area contributed by atoms with Crippen LogP contribution in [0.15, 0.2) is 6.20 Å². The molecule has 0 unspecified atom stereocenters. The zero-order valence-electron chi connectivity index (χ0n) is 6.96. The Kier molecular flexibility index (Phi) is 3.52. The summed E-state index contributed by atoms with van der Waals surface area (Å²) in [5.74, 6) is 0. The second-order valence-corrected chi connectivity index (χ2v) is 3.41. The quantitative estimate of drug-likeness (QED) is 0.693. The number of hydrogen-bond acceptors (Lipinski definition) is 3. The number of thiazole rings is 1. The Morgan fingerprint density at radius 3 is 2.91 bits per heavy atom. The van der Waals surface area contributed by atoms with E-state index in [2.05, 4.69) is 11.9 Å². The molecule has 11 heavy (non-hydrogen) atoms. The Hall–Kier alpha value is -0.410. The van der Waals surface area contributed by atoms with E-state index in [0.717, 1.165) is 18.0 Å². The van der Waals surface area contributed by atoms with Crippen molar-refractivity contribution in [2.75, 3.05) is 6.61 Å². The van der Waals surface area contributed by atoms with Crippen molar-refractivity contribution in [3.05, 3.63) is 16.1 Å². The molecule has 0 aromatic carbocycles. The second-order valence-electron chi connectivity index (χ2n) is 2.21. The first kappa shape index (κ1) is 8.68. The van der Waals surface area contributed by atoms with Gasteiger partial charge >= 0.3 is 0 Å². The highest BCUT2D eigenvalue weighted by molar-refractivity contribution is 7.11. The molecule has 0 spiro atoms. The molecule has 1 heterocycles. The third-order valence-electron chi connectivity index (χ3n) is 1.38. The number of aryl methyl sites for hydroxylation is 1. The van der Waals surface area contributed by atoms with Gasteiger partial charge < -0.3 is 4.74 Å². The molecule has 1 rings (SSSR count). The SMILES string of the molecule is CCOCc1ncc(CC)s1. The average molecular weight is 171 g/mol. The van der Waals surface area contributed by atoms with Crippen molar-refractivity contribution in [2.45, 2.75) is 26.9 Å². The highest BCUT2D eigenvalue weighted by Crippen LogP contribution is 2.13. The van der Waals surface area contributed by atoms with E-state index in [-0.39, 0.29) is 0 Å². The molecule has 1 aromatic heterocycles. The van der Waals surface area contributed by atoms with Crippen LogP contribution in [0.4, 0.5) is 0 Å². The minimum Gasteiger partial charge on any atom is -0.375 e. The van der Waals surface area contributed by atoms with Crippen LogP contribution in [0.3, 0.4) is 0 Å². The second kappa shape index (κ2) is 4.46. The molecule has 2 nitrogen and oxygen atoms in total. The first-order valence-electron chi connectivity index (χ1n) is 3.88. The van der Waals surface area contributed by atoms with E-state index in [0.29, 0.717) is 6.61 Å². The Labute approximate surface area is 71.2 Å². The van der Waals surface area contributed by atoms with Gasteiger partial charge in [0.05, 0.1) is 6.61 Å². The largest absolute Gasteiger partial charge is 0.375 e. The summed E-state index contributed by atoms with van der Waals surface area (Å²) in [5.41, 5.74) is 0. The van der Waals surface area contributed by atoms with Crippen LogP contribution >= 0.6 is 11.3 Å². The molecule has 0 saturated heterocycles.